The minimum atomic E-state index is -0.113. The number of carbonyl (C=O) groups excluding carboxylic acids is 1. The van der Waals surface area contributed by atoms with Crippen molar-refractivity contribution in [2.45, 2.75) is 27.3 Å². The minimum Gasteiger partial charge on any atom is -0.338 e. The van der Waals surface area contributed by atoms with Crippen molar-refractivity contribution >= 4 is 11.8 Å². The summed E-state index contributed by atoms with van der Waals surface area (Å²) < 4.78 is 4.97. The van der Waals surface area contributed by atoms with E-state index >= 15 is 0 Å². The van der Waals surface area contributed by atoms with E-state index in [1.54, 1.807) is 6.07 Å². The fourth-order valence-electron chi connectivity index (χ4n) is 2.21. The topological polar surface area (TPSA) is 58.4 Å². The number of rotatable bonds is 5. The van der Waals surface area contributed by atoms with Gasteiger partial charge in [-0.1, -0.05) is 28.9 Å². The summed E-state index contributed by atoms with van der Waals surface area (Å²) in [6, 6.07) is 8.05. The number of nitrogens with one attached hydrogen (secondary N) is 1. The molecule has 5 nitrogen and oxygen atoms in total. The van der Waals surface area contributed by atoms with E-state index in [0.717, 1.165) is 12.2 Å². The summed E-state index contributed by atoms with van der Waals surface area (Å²) in [7, 11) is 1.92. The Hall–Kier alpha value is -2.14. The molecule has 0 aliphatic rings. The molecule has 2 aromatic rings. The molecule has 2 rings (SSSR count). The van der Waals surface area contributed by atoms with Gasteiger partial charge in [-0.3, -0.25) is 15.0 Å². The quantitative estimate of drug-likeness (QED) is 0.918. The second-order valence-corrected chi connectivity index (χ2v) is 5.48. The van der Waals surface area contributed by atoms with Crippen molar-refractivity contribution in [3.63, 3.8) is 0 Å². The molecule has 0 fully saturated rings. The molecule has 1 N–H and O–H groups in total. The predicted octanol–water partition coefficient (Wildman–Crippen LogP) is 2.67. The third kappa shape index (κ3) is 4.43. The lowest BCUT2D eigenvalue weighted by Crippen LogP contribution is -2.29. The number of likely N-dealkylation sites (N-methyl/N-ethyl adjacent to an activating group) is 1. The van der Waals surface area contributed by atoms with Crippen molar-refractivity contribution in [1.82, 2.24) is 10.1 Å². The largest absolute Gasteiger partial charge is 0.338 e. The van der Waals surface area contributed by atoms with E-state index in [-0.39, 0.29) is 5.91 Å². The van der Waals surface area contributed by atoms with E-state index in [4.69, 9.17) is 4.52 Å². The molecule has 0 radical (unpaired) electrons. The fraction of sp³-hybridized carbons (Fsp3) is 0.375. The normalized spacial score (nSPS) is 10.9. The molecule has 1 aromatic heterocycles. The first-order valence-corrected chi connectivity index (χ1v) is 6.92. The number of aromatic nitrogens is 1. The Morgan fingerprint density at radius 2 is 2.05 bits per heavy atom. The van der Waals surface area contributed by atoms with Crippen molar-refractivity contribution in [3.8, 4) is 0 Å². The van der Waals surface area contributed by atoms with Gasteiger partial charge in [-0.2, -0.15) is 0 Å². The third-order valence-corrected chi connectivity index (χ3v) is 3.24. The number of anilines is 1. The number of nitrogens with zero attached hydrogens (tertiary/aromatic N) is 2. The van der Waals surface area contributed by atoms with Crippen molar-refractivity contribution in [2.75, 3.05) is 18.9 Å². The van der Waals surface area contributed by atoms with Gasteiger partial charge in [-0.05, 0) is 38.9 Å². The van der Waals surface area contributed by atoms with Crippen LogP contribution in [0.4, 0.5) is 5.88 Å². The van der Waals surface area contributed by atoms with Gasteiger partial charge in [0.2, 0.25) is 11.8 Å². The van der Waals surface area contributed by atoms with Gasteiger partial charge in [0.15, 0.2) is 0 Å². The molecule has 1 heterocycles. The summed E-state index contributed by atoms with van der Waals surface area (Å²) in [6.07, 6.45) is 0. The van der Waals surface area contributed by atoms with E-state index in [0.29, 0.717) is 12.4 Å². The Kier molecular flexibility index (Phi) is 4.75. The average Bonchev–Trinajstić information content (AvgIpc) is 2.78. The van der Waals surface area contributed by atoms with Crippen molar-refractivity contribution < 1.29 is 9.32 Å². The smallest absolute Gasteiger partial charge is 0.240 e. The monoisotopic (exact) mass is 287 g/mol. The number of hydrogen-bond acceptors (Lipinski definition) is 4. The Morgan fingerprint density at radius 3 is 2.67 bits per heavy atom. The van der Waals surface area contributed by atoms with E-state index in [1.807, 2.05) is 18.9 Å². The zero-order valence-corrected chi connectivity index (χ0v) is 12.9. The van der Waals surface area contributed by atoms with Crippen molar-refractivity contribution in [2.24, 2.45) is 0 Å². The molecule has 0 saturated heterocycles. The zero-order chi connectivity index (χ0) is 15.4. The van der Waals surface area contributed by atoms with Crippen LogP contribution < -0.4 is 5.32 Å². The molecule has 0 unspecified atom stereocenters. The van der Waals surface area contributed by atoms with Crippen LogP contribution in [0.3, 0.4) is 0 Å². The van der Waals surface area contributed by atoms with Crippen LogP contribution in [-0.2, 0) is 11.3 Å². The van der Waals surface area contributed by atoms with Crippen LogP contribution in [0.1, 0.15) is 22.4 Å². The second kappa shape index (κ2) is 6.54. The molecule has 0 saturated carbocycles. The van der Waals surface area contributed by atoms with Gasteiger partial charge in [0, 0.05) is 12.6 Å². The highest BCUT2D eigenvalue weighted by Crippen LogP contribution is 2.13. The summed E-state index contributed by atoms with van der Waals surface area (Å²) >= 11 is 0. The first kappa shape index (κ1) is 15.3. The number of hydrogen-bond donors (Lipinski definition) is 1. The van der Waals surface area contributed by atoms with Gasteiger partial charge in [-0.15, -0.1) is 0 Å². The van der Waals surface area contributed by atoms with Gasteiger partial charge in [0.25, 0.3) is 0 Å². The van der Waals surface area contributed by atoms with Gasteiger partial charge in [-0.25, -0.2) is 0 Å². The molecule has 1 aromatic carbocycles. The van der Waals surface area contributed by atoms with Gasteiger partial charge in [0.05, 0.1) is 12.2 Å². The maximum atomic E-state index is 11.9. The molecule has 21 heavy (non-hydrogen) atoms. The Balaban J connectivity index is 1.89. The lowest BCUT2D eigenvalue weighted by atomic mass is 10.1. The SMILES string of the molecule is Cc1ccc(CN(C)CC(=O)Nc2cc(C)no2)c(C)c1. The number of aryl methyl sites for hydroxylation is 3. The lowest BCUT2D eigenvalue weighted by Gasteiger charge is -2.17. The van der Waals surface area contributed by atoms with Crippen LogP contribution in [0.2, 0.25) is 0 Å². The summed E-state index contributed by atoms with van der Waals surface area (Å²) in [5.74, 6) is 0.274. The summed E-state index contributed by atoms with van der Waals surface area (Å²) in [5.41, 5.74) is 4.46. The Labute approximate surface area is 124 Å². The zero-order valence-electron chi connectivity index (χ0n) is 12.9. The third-order valence-electron chi connectivity index (χ3n) is 3.24. The van der Waals surface area contributed by atoms with Crippen LogP contribution in [0.15, 0.2) is 28.8 Å². The van der Waals surface area contributed by atoms with Crippen LogP contribution >= 0.6 is 0 Å². The van der Waals surface area contributed by atoms with Gasteiger partial charge >= 0.3 is 0 Å². The van der Waals surface area contributed by atoms with Crippen LogP contribution in [0, 0.1) is 20.8 Å². The summed E-state index contributed by atoms with van der Waals surface area (Å²) in [6.45, 7) is 7.01. The van der Waals surface area contributed by atoms with Crippen molar-refractivity contribution in [1.29, 1.82) is 0 Å². The molecule has 5 heteroatoms. The molecule has 0 spiro atoms. The average molecular weight is 287 g/mol. The molecule has 0 aliphatic heterocycles. The van der Waals surface area contributed by atoms with Gasteiger partial charge < -0.3 is 4.52 Å². The van der Waals surface area contributed by atoms with Crippen LogP contribution in [0.5, 0.6) is 0 Å². The van der Waals surface area contributed by atoms with Crippen molar-refractivity contribution in [3.05, 3.63) is 46.6 Å². The summed E-state index contributed by atoms with van der Waals surface area (Å²) in [4.78, 5) is 13.9. The molecular weight excluding hydrogens is 266 g/mol. The highest BCUT2D eigenvalue weighted by atomic mass is 16.5. The van der Waals surface area contributed by atoms with Crippen LogP contribution in [0.25, 0.3) is 0 Å². The highest BCUT2D eigenvalue weighted by Gasteiger charge is 2.10. The highest BCUT2D eigenvalue weighted by molar-refractivity contribution is 5.90. The molecule has 0 atom stereocenters. The molecule has 0 bridgehead atoms. The lowest BCUT2D eigenvalue weighted by molar-refractivity contribution is -0.117. The molecule has 0 aliphatic carbocycles. The first-order chi connectivity index (χ1) is 9.94. The maximum absolute atomic E-state index is 11.9. The van der Waals surface area contributed by atoms with E-state index < -0.39 is 0 Å². The first-order valence-electron chi connectivity index (χ1n) is 6.92. The summed E-state index contributed by atoms with van der Waals surface area (Å²) in [5, 5.41) is 6.43. The van der Waals surface area contributed by atoms with E-state index in [9.17, 15) is 4.79 Å². The molecule has 1 amide bonds. The number of benzene rings is 1. The van der Waals surface area contributed by atoms with Gasteiger partial charge in [0.1, 0.15) is 0 Å². The molecular formula is C16H21N3O2. The predicted molar refractivity (Wildman–Crippen MR) is 82.1 cm³/mol. The fourth-order valence-corrected chi connectivity index (χ4v) is 2.21. The van der Waals surface area contributed by atoms with E-state index in [2.05, 4.69) is 42.5 Å². The second-order valence-electron chi connectivity index (χ2n) is 5.48. The number of amides is 1. The maximum Gasteiger partial charge on any atom is 0.240 e. The minimum absolute atomic E-state index is 0.113. The Morgan fingerprint density at radius 1 is 1.29 bits per heavy atom. The molecule has 112 valence electrons. The van der Waals surface area contributed by atoms with Crippen LogP contribution in [-0.4, -0.2) is 29.6 Å². The van der Waals surface area contributed by atoms with E-state index in [1.165, 1.54) is 16.7 Å². The Bertz CT molecular complexity index is 634. The standard InChI is InChI=1S/C16H21N3O2/c1-11-5-6-14(12(2)7-11)9-19(4)10-15(20)17-16-8-13(3)18-21-16/h5-8H,9-10H2,1-4H3,(H,17,20). The number of carbonyl (C=O) groups is 1.